The number of rotatable bonds is 7. The zero-order valence-electron chi connectivity index (χ0n) is 12.4. The van der Waals surface area contributed by atoms with Crippen LogP contribution in [0.15, 0.2) is 30.3 Å². The molecule has 21 heavy (non-hydrogen) atoms. The number of piperazine rings is 1. The number of amides is 1. The van der Waals surface area contributed by atoms with Crippen molar-refractivity contribution >= 4 is 5.91 Å². The highest BCUT2D eigenvalue weighted by atomic mass is 16.5. The largest absolute Gasteiger partial charge is 0.395 e. The Labute approximate surface area is 126 Å². The monoisotopic (exact) mass is 292 g/mol. The van der Waals surface area contributed by atoms with Gasteiger partial charge in [-0.05, 0) is 5.56 Å². The quantitative estimate of drug-likeness (QED) is 0.753. The van der Waals surface area contributed by atoms with Gasteiger partial charge in [0.05, 0.1) is 26.2 Å². The van der Waals surface area contributed by atoms with E-state index in [1.807, 2.05) is 35.2 Å². The van der Waals surface area contributed by atoms with Crippen molar-refractivity contribution in [3.63, 3.8) is 0 Å². The Kier molecular flexibility index (Phi) is 6.66. The second kappa shape index (κ2) is 8.77. The van der Waals surface area contributed by atoms with Gasteiger partial charge in [-0.15, -0.1) is 0 Å². The van der Waals surface area contributed by atoms with Gasteiger partial charge in [0.2, 0.25) is 5.91 Å². The van der Waals surface area contributed by atoms with Crippen LogP contribution in [0.25, 0.3) is 0 Å². The van der Waals surface area contributed by atoms with Gasteiger partial charge in [-0.2, -0.15) is 0 Å². The van der Waals surface area contributed by atoms with Crippen molar-refractivity contribution in [2.75, 3.05) is 45.9 Å². The van der Waals surface area contributed by atoms with Crippen LogP contribution in [0.2, 0.25) is 0 Å². The Morgan fingerprint density at radius 1 is 1.14 bits per heavy atom. The Balaban J connectivity index is 1.60. The number of aliphatic hydroxyl groups excluding tert-OH is 1. The van der Waals surface area contributed by atoms with Crippen LogP contribution in [0.4, 0.5) is 0 Å². The molecule has 0 aliphatic carbocycles. The van der Waals surface area contributed by atoms with E-state index in [2.05, 4.69) is 4.90 Å². The molecule has 1 aliphatic rings. The number of benzene rings is 1. The third-order valence-corrected chi connectivity index (χ3v) is 3.71. The standard InChI is InChI=1S/C16H24N2O3/c19-12-11-17-7-9-18(10-8-17)16(20)6-13-21-14-15-4-2-1-3-5-15/h1-5,19H,6-14H2. The van der Waals surface area contributed by atoms with Crippen LogP contribution in [0, 0.1) is 0 Å². The third kappa shape index (κ3) is 5.46. The fourth-order valence-corrected chi connectivity index (χ4v) is 2.44. The fraction of sp³-hybridized carbons (Fsp3) is 0.562. The smallest absolute Gasteiger partial charge is 0.224 e. The van der Waals surface area contributed by atoms with E-state index in [1.54, 1.807) is 0 Å². The summed E-state index contributed by atoms with van der Waals surface area (Å²) in [5.74, 6) is 0.159. The van der Waals surface area contributed by atoms with Crippen molar-refractivity contribution < 1.29 is 14.6 Å². The van der Waals surface area contributed by atoms with Crippen molar-refractivity contribution in [1.82, 2.24) is 9.80 Å². The predicted octanol–water partition coefficient (Wildman–Crippen LogP) is 0.730. The number of carbonyl (C=O) groups excluding carboxylic acids is 1. The molecule has 5 heteroatoms. The van der Waals surface area contributed by atoms with Gasteiger partial charge in [0.15, 0.2) is 0 Å². The molecule has 1 N–H and O–H groups in total. The second-order valence-corrected chi connectivity index (χ2v) is 5.23. The van der Waals surface area contributed by atoms with E-state index in [-0.39, 0.29) is 12.5 Å². The molecule has 1 amide bonds. The lowest BCUT2D eigenvalue weighted by molar-refractivity contribution is -0.134. The first-order valence-electron chi connectivity index (χ1n) is 7.52. The van der Waals surface area contributed by atoms with Gasteiger partial charge >= 0.3 is 0 Å². The van der Waals surface area contributed by atoms with Crippen LogP contribution in [0.1, 0.15) is 12.0 Å². The average molecular weight is 292 g/mol. The van der Waals surface area contributed by atoms with Crippen molar-refractivity contribution in [3.05, 3.63) is 35.9 Å². The van der Waals surface area contributed by atoms with E-state index < -0.39 is 0 Å². The molecule has 0 spiro atoms. The maximum atomic E-state index is 12.1. The van der Waals surface area contributed by atoms with E-state index in [1.165, 1.54) is 0 Å². The topological polar surface area (TPSA) is 53.0 Å². The van der Waals surface area contributed by atoms with E-state index >= 15 is 0 Å². The number of ether oxygens (including phenoxy) is 1. The highest BCUT2D eigenvalue weighted by molar-refractivity contribution is 5.76. The van der Waals surface area contributed by atoms with E-state index in [0.717, 1.165) is 31.7 Å². The molecule has 0 aromatic heterocycles. The second-order valence-electron chi connectivity index (χ2n) is 5.23. The van der Waals surface area contributed by atoms with E-state index in [9.17, 15) is 4.79 Å². The number of nitrogens with zero attached hydrogens (tertiary/aromatic N) is 2. The van der Waals surface area contributed by atoms with Crippen LogP contribution in [0.5, 0.6) is 0 Å². The minimum Gasteiger partial charge on any atom is -0.395 e. The number of carbonyl (C=O) groups is 1. The summed E-state index contributed by atoms with van der Waals surface area (Å²) >= 11 is 0. The molecular formula is C16H24N2O3. The summed E-state index contributed by atoms with van der Waals surface area (Å²) in [7, 11) is 0. The van der Waals surface area contributed by atoms with Crippen molar-refractivity contribution in [2.24, 2.45) is 0 Å². The number of hydrogen-bond donors (Lipinski definition) is 1. The molecule has 1 saturated heterocycles. The molecule has 1 aliphatic heterocycles. The molecule has 0 unspecified atom stereocenters. The summed E-state index contributed by atoms with van der Waals surface area (Å²) in [5.41, 5.74) is 1.13. The van der Waals surface area contributed by atoms with Gasteiger partial charge < -0.3 is 14.7 Å². The number of hydrogen-bond acceptors (Lipinski definition) is 4. The molecule has 1 fully saturated rings. The Morgan fingerprint density at radius 2 is 1.86 bits per heavy atom. The Bertz CT molecular complexity index is 417. The van der Waals surface area contributed by atoms with Crippen LogP contribution in [-0.2, 0) is 16.1 Å². The van der Waals surface area contributed by atoms with Crippen LogP contribution >= 0.6 is 0 Å². The molecule has 1 heterocycles. The maximum Gasteiger partial charge on any atom is 0.224 e. The van der Waals surface area contributed by atoms with Crippen LogP contribution in [-0.4, -0.2) is 66.8 Å². The third-order valence-electron chi connectivity index (χ3n) is 3.71. The summed E-state index contributed by atoms with van der Waals surface area (Å²) < 4.78 is 5.55. The minimum absolute atomic E-state index is 0.159. The number of aliphatic hydroxyl groups is 1. The van der Waals surface area contributed by atoms with E-state index in [0.29, 0.717) is 26.2 Å². The molecule has 0 atom stereocenters. The van der Waals surface area contributed by atoms with Crippen LogP contribution in [0.3, 0.4) is 0 Å². The normalized spacial score (nSPS) is 16.1. The SMILES string of the molecule is O=C(CCOCc1ccccc1)N1CCN(CCO)CC1. The zero-order chi connectivity index (χ0) is 14.9. The highest BCUT2D eigenvalue weighted by Crippen LogP contribution is 2.05. The molecular weight excluding hydrogens is 268 g/mol. The van der Waals surface area contributed by atoms with Gasteiger partial charge in [-0.1, -0.05) is 30.3 Å². The molecule has 2 rings (SSSR count). The van der Waals surface area contributed by atoms with Crippen LogP contribution < -0.4 is 0 Å². The highest BCUT2D eigenvalue weighted by Gasteiger charge is 2.20. The molecule has 1 aromatic carbocycles. The van der Waals surface area contributed by atoms with E-state index in [4.69, 9.17) is 9.84 Å². The molecule has 0 bridgehead atoms. The fourth-order valence-electron chi connectivity index (χ4n) is 2.44. The first-order chi connectivity index (χ1) is 10.3. The molecule has 1 aromatic rings. The first-order valence-corrected chi connectivity index (χ1v) is 7.52. The van der Waals surface area contributed by atoms with Crippen molar-refractivity contribution in [3.8, 4) is 0 Å². The molecule has 5 nitrogen and oxygen atoms in total. The van der Waals surface area contributed by atoms with Gasteiger partial charge in [0.1, 0.15) is 0 Å². The van der Waals surface area contributed by atoms with Gasteiger partial charge in [0.25, 0.3) is 0 Å². The lowest BCUT2D eigenvalue weighted by Gasteiger charge is -2.34. The lowest BCUT2D eigenvalue weighted by Crippen LogP contribution is -2.49. The van der Waals surface area contributed by atoms with Crippen molar-refractivity contribution in [2.45, 2.75) is 13.0 Å². The predicted molar refractivity (Wildman–Crippen MR) is 80.8 cm³/mol. The lowest BCUT2D eigenvalue weighted by atomic mass is 10.2. The summed E-state index contributed by atoms with van der Waals surface area (Å²) in [6.45, 7) is 5.08. The summed E-state index contributed by atoms with van der Waals surface area (Å²) in [5, 5.41) is 8.89. The summed E-state index contributed by atoms with van der Waals surface area (Å²) in [6, 6.07) is 9.97. The Morgan fingerprint density at radius 3 is 2.52 bits per heavy atom. The van der Waals surface area contributed by atoms with Gasteiger partial charge in [0, 0.05) is 32.7 Å². The molecule has 0 saturated carbocycles. The van der Waals surface area contributed by atoms with Gasteiger partial charge in [-0.25, -0.2) is 0 Å². The number of β-amino-alcohol motifs (C(OH)–C–C–N with tert-alkyl or cyclic N) is 1. The van der Waals surface area contributed by atoms with Gasteiger partial charge in [-0.3, -0.25) is 9.69 Å². The zero-order valence-corrected chi connectivity index (χ0v) is 12.4. The van der Waals surface area contributed by atoms with Crippen molar-refractivity contribution in [1.29, 1.82) is 0 Å². The Hall–Kier alpha value is -1.43. The minimum atomic E-state index is 0.159. The average Bonchev–Trinajstić information content (AvgIpc) is 2.53. The molecule has 0 radical (unpaired) electrons. The maximum absolute atomic E-state index is 12.1. The summed E-state index contributed by atoms with van der Waals surface area (Å²) in [4.78, 5) is 16.1. The molecule has 116 valence electrons. The first kappa shape index (κ1) is 15.9. The summed E-state index contributed by atoms with van der Waals surface area (Å²) in [6.07, 6.45) is 0.437.